The van der Waals surface area contributed by atoms with Crippen LogP contribution in [0.2, 0.25) is 0 Å². The van der Waals surface area contributed by atoms with Crippen LogP contribution >= 0.6 is 0 Å². The van der Waals surface area contributed by atoms with E-state index in [1.807, 2.05) is 39.0 Å². The van der Waals surface area contributed by atoms with Gasteiger partial charge in [0.25, 0.3) is 0 Å². The van der Waals surface area contributed by atoms with Gasteiger partial charge in [0.2, 0.25) is 11.8 Å². The molecule has 2 amide bonds. The smallest absolute Gasteiger partial charge is 0.312 e. The van der Waals surface area contributed by atoms with E-state index in [-0.39, 0.29) is 31.6 Å². The molecule has 31 heavy (non-hydrogen) atoms. The van der Waals surface area contributed by atoms with Crippen LogP contribution in [0.25, 0.3) is 0 Å². The van der Waals surface area contributed by atoms with Crippen LogP contribution in [-0.4, -0.2) is 64.8 Å². The van der Waals surface area contributed by atoms with E-state index in [1.165, 1.54) is 4.90 Å². The second-order valence-corrected chi connectivity index (χ2v) is 9.04. The fourth-order valence-electron chi connectivity index (χ4n) is 5.74. The average molecular weight is 431 g/mol. The molecule has 0 radical (unpaired) electrons. The maximum atomic E-state index is 13.6. The van der Waals surface area contributed by atoms with Gasteiger partial charge in [0.1, 0.15) is 17.6 Å². The Balaban J connectivity index is 1.73. The van der Waals surface area contributed by atoms with E-state index < -0.39 is 35.0 Å². The van der Waals surface area contributed by atoms with E-state index >= 15 is 0 Å². The number of β-amino-alcohol motifs (C(OH)–C–C–N with tert-alkyl or cyclic N) is 1. The molecule has 1 aromatic carbocycles. The molecule has 168 valence electrons. The van der Waals surface area contributed by atoms with Gasteiger partial charge in [-0.1, -0.05) is 12.1 Å². The monoisotopic (exact) mass is 430 g/mol. The van der Waals surface area contributed by atoms with Crippen LogP contribution in [0.1, 0.15) is 37.8 Å². The topological polar surface area (TPSA) is 105 Å². The molecule has 3 fully saturated rings. The maximum absolute atomic E-state index is 13.6. The van der Waals surface area contributed by atoms with Crippen molar-refractivity contribution in [1.82, 2.24) is 4.90 Å². The summed E-state index contributed by atoms with van der Waals surface area (Å²) in [6.07, 6.45) is 1.04. The molecule has 1 aromatic rings. The van der Waals surface area contributed by atoms with Gasteiger partial charge in [0.15, 0.2) is 0 Å². The SMILES string of the molecule is CCOC(=O)[C@@H]1[C@H]2C(=O)N(CCO)C(C(=O)Nc3cc(C)ccc3C)C23CC[C@@]1(C)O3. The molecule has 8 heteroatoms. The van der Waals surface area contributed by atoms with Gasteiger partial charge in [-0.2, -0.15) is 0 Å². The Kier molecular flexibility index (Phi) is 5.34. The normalized spacial score (nSPS) is 33.5. The van der Waals surface area contributed by atoms with Gasteiger partial charge in [-0.3, -0.25) is 14.4 Å². The second kappa shape index (κ2) is 7.60. The first kappa shape index (κ1) is 21.8. The van der Waals surface area contributed by atoms with E-state index in [1.54, 1.807) is 6.92 Å². The molecule has 8 nitrogen and oxygen atoms in total. The van der Waals surface area contributed by atoms with Crippen molar-refractivity contribution in [2.24, 2.45) is 11.8 Å². The third kappa shape index (κ3) is 3.15. The number of amides is 2. The zero-order valence-corrected chi connectivity index (χ0v) is 18.4. The predicted molar refractivity (Wildman–Crippen MR) is 112 cm³/mol. The summed E-state index contributed by atoms with van der Waals surface area (Å²) in [5.74, 6) is -2.74. The van der Waals surface area contributed by atoms with Gasteiger partial charge in [-0.25, -0.2) is 0 Å². The Morgan fingerprint density at radius 1 is 1.32 bits per heavy atom. The number of rotatable bonds is 6. The Hall–Kier alpha value is -2.45. The van der Waals surface area contributed by atoms with Gasteiger partial charge in [0, 0.05) is 12.2 Å². The molecule has 2 N–H and O–H groups in total. The molecule has 3 heterocycles. The Labute approximate surface area is 181 Å². The third-order valence-electron chi connectivity index (χ3n) is 7.06. The zero-order valence-electron chi connectivity index (χ0n) is 18.4. The number of nitrogens with zero attached hydrogens (tertiary/aromatic N) is 1. The molecule has 3 aliphatic rings. The van der Waals surface area contributed by atoms with Gasteiger partial charge < -0.3 is 24.8 Å². The van der Waals surface area contributed by atoms with E-state index in [0.29, 0.717) is 18.5 Å². The van der Waals surface area contributed by atoms with Crippen molar-refractivity contribution in [2.75, 3.05) is 25.1 Å². The van der Waals surface area contributed by atoms with Crippen molar-refractivity contribution in [2.45, 2.75) is 57.8 Å². The van der Waals surface area contributed by atoms with Crippen LogP contribution in [0, 0.1) is 25.7 Å². The lowest BCUT2D eigenvalue weighted by Gasteiger charge is -2.33. The first-order valence-corrected chi connectivity index (χ1v) is 10.8. The first-order chi connectivity index (χ1) is 14.7. The molecule has 3 aliphatic heterocycles. The molecule has 1 spiro atoms. The summed E-state index contributed by atoms with van der Waals surface area (Å²) >= 11 is 0. The van der Waals surface area contributed by atoms with Crippen molar-refractivity contribution in [3.63, 3.8) is 0 Å². The lowest BCUT2D eigenvalue weighted by Crippen LogP contribution is -2.53. The lowest BCUT2D eigenvalue weighted by atomic mass is 9.66. The number of anilines is 1. The van der Waals surface area contributed by atoms with Crippen LogP contribution in [-0.2, 0) is 23.9 Å². The van der Waals surface area contributed by atoms with Crippen LogP contribution in [0.4, 0.5) is 5.69 Å². The average Bonchev–Trinajstić information content (AvgIpc) is 3.26. The van der Waals surface area contributed by atoms with Crippen molar-refractivity contribution < 1.29 is 29.0 Å². The van der Waals surface area contributed by atoms with Gasteiger partial charge >= 0.3 is 5.97 Å². The molecule has 2 unspecified atom stereocenters. The minimum Gasteiger partial charge on any atom is -0.466 e. The van der Waals surface area contributed by atoms with E-state index in [9.17, 15) is 19.5 Å². The van der Waals surface area contributed by atoms with E-state index in [4.69, 9.17) is 9.47 Å². The minimum absolute atomic E-state index is 0.00239. The van der Waals surface area contributed by atoms with Crippen molar-refractivity contribution in [3.8, 4) is 0 Å². The number of ether oxygens (including phenoxy) is 2. The van der Waals surface area contributed by atoms with Crippen LogP contribution in [0.5, 0.6) is 0 Å². The molecule has 3 saturated heterocycles. The van der Waals surface area contributed by atoms with E-state index in [2.05, 4.69) is 5.32 Å². The number of hydrogen-bond donors (Lipinski definition) is 2. The van der Waals surface area contributed by atoms with Gasteiger partial charge in [-0.15, -0.1) is 0 Å². The lowest BCUT2D eigenvalue weighted by molar-refractivity contribution is -0.159. The molecule has 5 atom stereocenters. The zero-order chi connectivity index (χ0) is 22.6. The number of hydrogen-bond acceptors (Lipinski definition) is 6. The summed E-state index contributed by atoms with van der Waals surface area (Å²) in [5, 5.41) is 12.6. The number of carbonyl (C=O) groups excluding carboxylic acids is 3. The highest BCUT2D eigenvalue weighted by molar-refractivity contribution is 6.03. The summed E-state index contributed by atoms with van der Waals surface area (Å²) in [6, 6.07) is 4.83. The van der Waals surface area contributed by atoms with Crippen LogP contribution in [0.15, 0.2) is 18.2 Å². The fraction of sp³-hybridized carbons (Fsp3) is 0.609. The molecule has 2 bridgehead atoms. The Morgan fingerprint density at radius 3 is 2.74 bits per heavy atom. The Bertz CT molecular complexity index is 933. The number of aryl methyl sites for hydroxylation is 2. The van der Waals surface area contributed by atoms with Crippen molar-refractivity contribution in [1.29, 1.82) is 0 Å². The second-order valence-electron chi connectivity index (χ2n) is 9.04. The number of aliphatic hydroxyl groups is 1. The molecule has 0 aromatic heterocycles. The highest BCUT2D eigenvalue weighted by Gasteiger charge is 2.78. The largest absolute Gasteiger partial charge is 0.466 e. The summed E-state index contributed by atoms with van der Waals surface area (Å²) in [7, 11) is 0. The molecule has 0 saturated carbocycles. The number of nitrogens with one attached hydrogen (secondary N) is 1. The quantitative estimate of drug-likeness (QED) is 0.664. The molecule has 0 aliphatic carbocycles. The highest BCUT2D eigenvalue weighted by Crippen LogP contribution is 2.63. The molecule has 4 rings (SSSR count). The van der Waals surface area contributed by atoms with Crippen molar-refractivity contribution >= 4 is 23.5 Å². The number of aliphatic hydroxyl groups excluding tert-OH is 1. The number of fused-ring (bicyclic) bond motifs is 1. The summed E-state index contributed by atoms with van der Waals surface area (Å²) < 4.78 is 11.7. The molecular formula is C23H30N2O6. The maximum Gasteiger partial charge on any atom is 0.312 e. The van der Waals surface area contributed by atoms with Crippen LogP contribution < -0.4 is 5.32 Å². The van der Waals surface area contributed by atoms with Gasteiger partial charge in [-0.05, 0) is 57.7 Å². The predicted octanol–water partition coefficient (Wildman–Crippen LogP) is 1.56. The standard InChI is InChI=1S/C23H30N2O6/c1-5-30-21(29)17-16-20(28)25(10-11-26)18(23(16)9-8-22(17,4)31-23)19(27)24-15-12-13(2)6-7-14(15)3/h6-7,12,16-18,26H,5,8-11H2,1-4H3,(H,24,27)/t16-,17-,18?,22+,23?/m0/s1. The summed E-state index contributed by atoms with van der Waals surface area (Å²) in [5.41, 5.74) is 0.608. The number of carbonyl (C=O) groups is 3. The number of benzene rings is 1. The summed E-state index contributed by atoms with van der Waals surface area (Å²) in [4.78, 5) is 41.2. The van der Waals surface area contributed by atoms with Crippen LogP contribution in [0.3, 0.4) is 0 Å². The minimum atomic E-state index is -1.11. The highest BCUT2D eigenvalue weighted by atomic mass is 16.6. The molecular weight excluding hydrogens is 400 g/mol. The Morgan fingerprint density at radius 2 is 2.06 bits per heavy atom. The number of esters is 1. The van der Waals surface area contributed by atoms with E-state index in [0.717, 1.165) is 11.1 Å². The van der Waals surface area contributed by atoms with Gasteiger partial charge in [0.05, 0.1) is 24.7 Å². The first-order valence-electron chi connectivity index (χ1n) is 10.8. The summed E-state index contributed by atoms with van der Waals surface area (Å²) in [6.45, 7) is 7.30. The number of likely N-dealkylation sites (tertiary alicyclic amines) is 1. The van der Waals surface area contributed by atoms with Crippen molar-refractivity contribution in [3.05, 3.63) is 29.3 Å². The third-order valence-corrected chi connectivity index (χ3v) is 7.06. The fourth-order valence-corrected chi connectivity index (χ4v) is 5.74.